The summed E-state index contributed by atoms with van der Waals surface area (Å²) in [6.07, 6.45) is 3.50. The molecule has 0 unspecified atom stereocenters. The maximum atomic E-state index is 12.4. The van der Waals surface area contributed by atoms with Gasteiger partial charge in [-0.15, -0.1) is 0 Å². The summed E-state index contributed by atoms with van der Waals surface area (Å²) in [5.74, 6) is 0.0641. The molecule has 22 heavy (non-hydrogen) atoms. The molecule has 0 saturated carbocycles. The standard InChI is InChI=1S/C19H22N2O/c1-14(19(22)21-16-10-3-2-4-11-16)20-18-13-7-9-15-8-5-6-12-17(15)18/h2-6,8,10-12,14,18,20H,7,9,13H2,1H3,(H,21,22)/p+1/t14-,18-/m1/s1. The summed E-state index contributed by atoms with van der Waals surface area (Å²) in [5, 5.41) is 5.19. The van der Waals surface area contributed by atoms with Crippen molar-refractivity contribution in [1.82, 2.24) is 0 Å². The SMILES string of the molecule is C[C@@H]([NH2+][C@@H]1CCCc2ccccc21)C(=O)Nc1ccccc1. The number of aryl methyl sites for hydroxylation is 1. The van der Waals surface area contributed by atoms with E-state index in [1.54, 1.807) is 0 Å². The van der Waals surface area contributed by atoms with Gasteiger partial charge < -0.3 is 10.6 Å². The third-order valence-corrected chi connectivity index (χ3v) is 4.39. The number of fused-ring (bicyclic) bond motifs is 1. The summed E-state index contributed by atoms with van der Waals surface area (Å²) < 4.78 is 0. The minimum atomic E-state index is -0.101. The van der Waals surface area contributed by atoms with E-state index in [1.807, 2.05) is 37.3 Å². The molecule has 1 amide bonds. The summed E-state index contributed by atoms with van der Waals surface area (Å²) in [5.41, 5.74) is 3.69. The van der Waals surface area contributed by atoms with Crippen molar-refractivity contribution in [3.05, 3.63) is 65.7 Å². The van der Waals surface area contributed by atoms with Crippen LogP contribution in [0.2, 0.25) is 0 Å². The van der Waals surface area contributed by atoms with Crippen LogP contribution < -0.4 is 10.6 Å². The Labute approximate surface area is 131 Å². The van der Waals surface area contributed by atoms with Gasteiger partial charge in [0.05, 0.1) is 0 Å². The molecule has 3 N–H and O–H groups in total. The predicted molar refractivity (Wildman–Crippen MR) is 88.6 cm³/mol. The highest BCUT2D eigenvalue weighted by atomic mass is 16.2. The first kappa shape index (κ1) is 14.8. The summed E-state index contributed by atoms with van der Waals surface area (Å²) in [6.45, 7) is 1.98. The Morgan fingerprint density at radius 2 is 1.86 bits per heavy atom. The Bertz CT molecular complexity index is 639. The van der Waals surface area contributed by atoms with Gasteiger partial charge in [0.25, 0.3) is 5.91 Å². The molecule has 1 aliphatic carbocycles. The molecule has 0 spiro atoms. The van der Waals surface area contributed by atoms with Gasteiger partial charge in [-0.25, -0.2) is 0 Å². The van der Waals surface area contributed by atoms with E-state index in [0.29, 0.717) is 6.04 Å². The van der Waals surface area contributed by atoms with Gasteiger partial charge in [0.1, 0.15) is 6.04 Å². The zero-order valence-corrected chi connectivity index (χ0v) is 13.0. The molecule has 2 aromatic carbocycles. The number of anilines is 1. The van der Waals surface area contributed by atoms with Crippen molar-refractivity contribution in [1.29, 1.82) is 0 Å². The molecule has 2 atom stereocenters. The Kier molecular flexibility index (Phi) is 4.54. The second-order valence-electron chi connectivity index (χ2n) is 6.03. The Hall–Kier alpha value is -2.13. The van der Waals surface area contributed by atoms with Crippen LogP contribution in [0.15, 0.2) is 54.6 Å². The Morgan fingerprint density at radius 3 is 2.68 bits per heavy atom. The lowest BCUT2D eigenvalue weighted by Crippen LogP contribution is -2.92. The minimum absolute atomic E-state index is 0.0641. The average molecular weight is 295 g/mol. The first-order chi connectivity index (χ1) is 10.7. The van der Waals surface area contributed by atoms with Gasteiger partial charge in [0.15, 0.2) is 6.04 Å². The molecule has 0 radical (unpaired) electrons. The maximum Gasteiger partial charge on any atom is 0.282 e. The topological polar surface area (TPSA) is 45.7 Å². The molecule has 0 aromatic heterocycles. The van der Waals surface area contributed by atoms with Crippen molar-refractivity contribution in [3.8, 4) is 0 Å². The zero-order chi connectivity index (χ0) is 15.4. The predicted octanol–water partition coefficient (Wildman–Crippen LogP) is 2.65. The van der Waals surface area contributed by atoms with Crippen LogP contribution >= 0.6 is 0 Å². The number of hydrogen-bond donors (Lipinski definition) is 2. The van der Waals surface area contributed by atoms with Crippen LogP contribution in [0.5, 0.6) is 0 Å². The molecule has 0 saturated heterocycles. The van der Waals surface area contributed by atoms with E-state index in [-0.39, 0.29) is 11.9 Å². The molecule has 1 aliphatic rings. The van der Waals surface area contributed by atoms with Crippen LogP contribution in [0.4, 0.5) is 5.69 Å². The van der Waals surface area contributed by atoms with Crippen LogP contribution in [0.3, 0.4) is 0 Å². The van der Waals surface area contributed by atoms with E-state index < -0.39 is 0 Å². The molecular weight excluding hydrogens is 272 g/mol. The van der Waals surface area contributed by atoms with Gasteiger partial charge >= 0.3 is 0 Å². The zero-order valence-electron chi connectivity index (χ0n) is 13.0. The van der Waals surface area contributed by atoms with Gasteiger partial charge in [-0.2, -0.15) is 0 Å². The largest absolute Gasteiger partial charge is 0.330 e. The molecule has 3 rings (SSSR count). The molecule has 0 bridgehead atoms. The second kappa shape index (κ2) is 6.75. The number of quaternary nitrogens is 1. The van der Waals surface area contributed by atoms with Crippen molar-refractivity contribution in [2.24, 2.45) is 0 Å². The number of amides is 1. The molecule has 3 nitrogen and oxygen atoms in total. The number of rotatable bonds is 4. The Morgan fingerprint density at radius 1 is 1.14 bits per heavy atom. The molecule has 0 fully saturated rings. The summed E-state index contributed by atoms with van der Waals surface area (Å²) in [6, 6.07) is 18.6. The van der Waals surface area contributed by atoms with Gasteiger partial charge in [-0.3, -0.25) is 4.79 Å². The van der Waals surface area contributed by atoms with Crippen molar-refractivity contribution >= 4 is 11.6 Å². The highest BCUT2D eigenvalue weighted by molar-refractivity contribution is 5.93. The molecule has 0 aliphatic heterocycles. The first-order valence-electron chi connectivity index (χ1n) is 8.03. The normalized spacial score (nSPS) is 18.3. The van der Waals surface area contributed by atoms with Crippen LogP contribution in [0, 0.1) is 0 Å². The number of carbonyl (C=O) groups is 1. The molecule has 3 heteroatoms. The van der Waals surface area contributed by atoms with Gasteiger partial charge in [0, 0.05) is 17.7 Å². The fourth-order valence-electron chi connectivity index (χ4n) is 3.20. The van der Waals surface area contributed by atoms with Crippen molar-refractivity contribution in [2.75, 3.05) is 5.32 Å². The van der Waals surface area contributed by atoms with E-state index in [4.69, 9.17) is 0 Å². The number of nitrogens with one attached hydrogen (secondary N) is 1. The molecular formula is C19H23N2O+. The molecule has 0 heterocycles. The van der Waals surface area contributed by atoms with Gasteiger partial charge in [-0.1, -0.05) is 42.5 Å². The van der Waals surface area contributed by atoms with Crippen LogP contribution in [-0.2, 0) is 11.2 Å². The number of carbonyl (C=O) groups excluding carboxylic acids is 1. The van der Waals surface area contributed by atoms with Crippen molar-refractivity contribution in [2.45, 2.75) is 38.3 Å². The number of para-hydroxylation sites is 1. The van der Waals surface area contributed by atoms with Crippen LogP contribution in [0.25, 0.3) is 0 Å². The fraction of sp³-hybridized carbons (Fsp3) is 0.316. The lowest BCUT2D eigenvalue weighted by atomic mass is 9.87. The quantitative estimate of drug-likeness (QED) is 0.895. The highest BCUT2D eigenvalue weighted by Gasteiger charge is 2.27. The summed E-state index contributed by atoms with van der Waals surface area (Å²) >= 11 is 0. The lowest BCUT2D eigenvalue weighted by molar-refractivity contribution is -0.714. The third-order valence-electron chi connectivity index (χ3n) is 4.39. The van der Waals surface area contributed by atoms with Crippen molar-refractivity contribution < 1.29 is 10.1 Å². The van der Waals surface area contributed by atoms with E-state index in [1.165, 1.54) is 17.5 Å². The maximum absolute atomic E-state index is 12.4. The average Bonchev–Trinajstić information content (AvgIpc) is 2.56. The highest BCUT2D eigenvalue weighted by Crippen LogP contribution is 2.26. The monoisotopic (exact) mass is 295 g/mol. The molecule has 2 aromatic rings. The first-order valence-corrected chi connectivity index (χ1v) is 8.03. The van der Waals surface area contributed by atoms with E-state index in [9.17, 15) is 4.79 Å². The smallest absolute Gasteiger partial charge is 0.282 e. The van der Waals surface area contributed by atoms with Gasteiger partial charge in [0.2, 0.25) is 0 Å². The molecule has 114 valence electrons. The summed E-state index contributed by atoms with van der Waals surface area (Å²) in [7, 11) is 0. The minimum Gasteiger partial charge on any atom is -0.330 e. The van der Waals surface area contributed by atoms with E-state index >= 15 is 0 Å². The number of nitrogens with two attached hydrogens (primary N) is 1. The number of hydrogen-bond acceptors (Lipinski definition) is 1. The Balaban J connectivity index is 1.65. The van der Waals surface area contributed by atoms with Crippen LogP contribution in [0.1, 0.15) is 36.9 Å². The summed E-state index contributed by atoms with van der Waals surface area (Å²) in [4.78, 5) is 12.4. The third kappa shape index (κ3) is 3.37. The van der Waals surface area contributed by atoms with Crippen LogP contribution in [-0.4, -0.2) is 11.9 Å². The lowest BCUT2D eigenvalue weighted by Gasteiger charge is -2.26. The van der Waals surface area contributed by atoms with Crippen molar-refractivity contribution in [3.63, 3.8) is 0 Å². The van der Waals surface area contributed by atoms with Gasteiger partial charge in [-0.05, 0) is 37.5 Å². The number of benzene rings is 2. The second-order valence-corrected chi connectivity index (χ2v) is 6.03. The van der Waals surface area contributed by atoms with E-state index in [2.05, 4.69) is 34.9 Å². The van der Waals surface area contributed by atoms with E-state index in [0.717, 1.165) is 18.5 Å². The fourth-order valence-corrected chi connectivity index (χ4v) is 3.20.